The predicted octanol–water partition coefficient (Wildman–Crippen LogP) is 2.17. The summed E-state index contributed by atoms with van der Waals surface area (Å²) in [6.07, 6.45) is 2.63. The van der Waals surface area contributed by atoms with Crippen LogP contribution in [-0.2, 0) is 0 Å². The lowest BCUT2D eigenvalue weighted by molar-refractivity contribution is 0.103. The van der Waals surface area contributed by atoms with Crippen LogP contribution >= 0.6 is 0 Å². The Hall–Kier alpha value is -2.30. The van der Waals surface area contributed by atoms with Gasteiger partial charge in [0, 0.05) is 18.1 Å². The maximum atomic E-state index is 13.4. The average molecular weight is 234 g/mol. The molecule has 0 spiro atoms. The molecule has 17 heavy (non-hydrogen) atoms. The molecule has 0 fully saturated rings. The smallest absolute Gasteiger partial charge is 0.199 e. The Morgan fingerprint density at radius 2 is 1.94 bits per heavy atom. The van der Waals surface area contributed by atoms with Gasteiger partial charge in [-0.2, -0.15) is 0 Å². The van der Waals surface area contributed by atoms with E-state index >= 15 is 0 Å². The second kappa shape index (κ2) is 4.29. The second-order valence-corrected chi connectivity index (χ2v) is 3.42. The van der Waals surface area contributed by atoms with Crippen LogP contribution in [0.3, 0.4) is 0 Å². The lowest BCUT2D eigenvalue weighted by Gasteiger charge is -2.05. The topological polar surface area (TPSA) is 56.0 Å². The Morgan fingerprint density at radius 3 is 2.65 bits per heavy atom. The largest absolute Gasteiger partial charge is 0.398 e. The molecular weight excluding hydrogens is 226 g/mol. The molecule has 0 saturated carbocycles. The molecule has 0 amide bonds. The van der Waals surface area contributed by atoms with E-state index in [1.807, 2.05) is 0 Å². The van der Waals surface area contributed by atoms with Gasteiger partial charge in [0.25, 0.3) is 0 Å². The Balaban J connectivity index is 2.51. The third kappa shape index (κ3) is 2.13. The lowest BCUT2D eigenvalue weighted by Crippen LogP contribution is -2.08. The van der Waals surface area contributed by atoms with Crippen molar-refractivity contribution in [2.45, 2.75) is 0 Å². The summed E-state index contributed by atoms with van der Waals surface area (Å²) < 4.78 is 26.3. The van der Waals surface area contributed by atoms with E-state index in [-0.39, 0.29) is 16.8 Å². The van der Waals surface area contributed by atoms with Crippen LogP contribution in [0.5, 0.6) is 0 Å². The number of hydrogen-bond donors (Lipinski definition) is 1. The van der Waals surface area contributed by atoms with Crippen molar-refractivity contribution in [2.24, 2.45) is 0 Å². The first kappa shape index (κ1) is 11.2. The molecule has 0 aliphatic heterocycles. The van der Waals surface area contributed by atoms with Crippen molar-refractivity contribution in [3.8, 4) is 0 Å². The minimum atomic E-state index is -0.792. The molecule has 3 nitrogen and oxygen atoms in total. The van der Waals surface area contributed by atoms with Crippen LogP contribution in [0.4, 0.5) is 14.5 Å². The molecule has 5 heteroatoms. The number of ketones is 1. The Labute approximate surface area is 95.9 Å². The molecule has 2 aromatic rings. The molecule has 86 valence electrons. The number of nitrogen functional groups attached to an aromatic ring is 1. The molecular formula is C12H8F2N2O. The van der Waals surface area contributed by atoms with Crippen molar-refractivity contribution in [2.75, 3.05) is 5.73 Å². The van der Waals surface area contributed by atoms with Crippen molar-refractivity contribution in [1.29, 1.82) is 0 Å². The van der Waals surface area contributed by atoms with E-state index in [9.17, 15) is 13.6 Å². The van der Waals surface area contributed by atoms with Gasteiger partial charge in [0.2, 0.25) is 0 Å². The highest BCUT2D eigenvalue weighted by molar-refractivity contribution is 6.11. The minimum absolute atomic E-state index is 0.0528. The molecule has 1 aromatic heterocycles. The number of nitrogens with zero attached hydrogens (tertiary/aromatic N) is 1. The summed E-state index contributed by atoms with van der Waals surface area (Å²) in [4.78, 5) is 15.6. The van der Waals surface area contributed by atoms with E-state index in [2.05, 4.69) is 4.98 Å². The zero-order valence-electron chi connectivity index (χ0n) is 8.65. The van der Waals surface area contributed by atoms with E-state index in [4.69, 9.17) is 5.73 Å². The van der Waals surface area contributed by atoms with Crippen molar-refractivity contribution in [3.63, 3.8) is 0 Å². The van der Waals surface area contributed by atoms with Crippen LogP contribution in [0.25, 0.3) is 0 Å². The van der Waals surface area contributed by atoms with Crippen molar-refractivity contribution in [3.05, 3.63) is 59.4 Å². The van der Waals surface area contributed by atoms with Gasteiger partial charge in [-0.3, -0.25) is 9.78 Å². The Bertz CT molecular complexity index is 584. The molecule has 1 aromatic carbocycles. The monoisotopic (exact) mass is 234 g/mol. The third-order valence-corrected chi connectivity index (χ3v) is 2.27. The van der Waals surface area contributed by atoms with Gasteiger partial charge in [0.15, 0.2) is 5.78 Å². The van der Waals surface area contributed by atoms with E-state index in [1.54, 1.807) is 0 Å². The summed E-state index contributed by atoms with van der Waals surface area (Å²) >= 11 is 0. The summed E-state index contributed by atoms with van der Waals surface area (Å²) in [7, 11) is 0. The zero-order valence-corrected chi connectivity index (χ0v) is 8.65. The SMILES string of the molecule is Nc1ccncc1C(=O)c1cc(F)ccc1F. The summed E-state index contributed by atoms with van der Waals surface area (Å²) in [6, 6.07) is 4.10. The number of carbonyl (C=O) groups excluding carboxylic acids is 1. The molecule has 0 aliphatic rings. The van der Waals surface area contributed by atoms with Gasteiger partial charge in [0.1, 0.15) is 11.6 Å². The fourth-order valence-corrected chi connectivity index (χ4v) is 1.41. The van der Waals surface area contributed by atoms with Crippen molar-refractivity contribution in [1.82, 2.24) is 4.98 Å². The number of rotatable bonds is 2. The first-order valence-corrected chi connectivity index (χ1v) is 4.79. The van der Waals surface area contributed by atoms with Gasteiger partial charge in [-0.05, 0) is 24.3 Å². The number of nitrogens with two attached hydrogens (primary N) is 1. The maximum absolute atomic E-state index is 13.4. The number of pyridine rings is 1. The summed E-state index contributed by atoms with van der Waals surface area (Å²) in [6.45, 7) is 0. The highest BCUT2D eigenvalue weighted by Crippen LogP contribution is 2.18. The second-order valence-electron chi connectivity index (χ2n) is 3.42. The minimum Gasteiger partial charge on any atom is -0.398 e. The highest BCUT2D eigenvalue weighted by Gasteiger charge is 2.17. The third-order valence-electron chi connectivity index (χ3n) is 2.27. The molecule has 2 N–H and O–H groups in total. The molecule has 0 radical (unpaired) electrons. The van der Waals surface area contributed by atoms with Gasteiger partial charge < -0.3 is 5.73 Å². The molecule has 0 bridgehead atoms. The first-order valence-electron chi connectivity index (χ1n) is 4.79. The van der Waals surface area contributed by atoms with Gasteiger partial charge in [-0.1, -0.05) is 0 Å². The maximum Gasteiger partial charge on any atom is 0.199 e. The molecule has 0 saturated heterocycles. The zero-order chi connectivity index (χ0) is 12.4. The number of aromatic nitrogens is 1. The number of hydrogen-bond acceptors (Lipinski definition) is 3. The molecule has 0 unspecified atom stereocenters. The predicted molar refractivity (Wildman–Crippen MR) is 58.4 cm³/mol. The Morgan fingerprint density at radius 1 is 1.18 bits per heavy atom. The Kier molecular flexibility index (Phi) is 2.82. The van der Waals surface area contributed by atoms with Gasteiger partial charge in [-0.15, -0.1) is 0 Å². The summed E-state index contributed by atoms with van der Waals surface area (Å²) in [5, 5.41) is 0. The van der Waals surface area contributed by atoms with E-state index < -0.39 is 17.4 Å². The quantitative estimate of drug-likeness (QED) is 0.810. The van der Waals surface area contributed by atoms with Crippen LogP contribution in [0.2, 0.25) is 0 Å². The lowest BCUT2D eigenvalue weighted by atomic mass is 10.0. The van der Waals surface area contributed by atoms with E-state index in [1.165, 1.54) is 18.5 Å². The number of anilines is 1. The first-order chi connectivity index (χ1) is 8.09. The number of carbonyl (C=O) groups is 1. The van der Waals surface area contributed by atoms with Crippen LogP contribution in [0, 0.1) is 11.6 Å². The fourth-order valence-electron chi connectivity index (χ4n) is 1.41. The van der Waals surface area contributed by atoms with E-state index in [0.29, 0.717) is 0 Å². The average Bonchev–Trinajstić information content (AvgIpc) is 2.32. The summed E-state index contributed by atoms with van der Waals surface area (Å²) in [5.74, 6) is -2.16. The summed E-state index contributed by atoms with van der Waals surface area (Å²) in [5.41, 5.74) is 5.44. The van der Waals surface area contributed by atoms with Crippen LogP contribution in [-0.4, -0.2) is 10.8 Å². The number of halogens is 2. The molecule has 1 heterocycles. The normalized spacial score (nSPS) is 10.2. The van der Waals surface area contributed by atoms with Crippen LogP contribution in [0.1, 0.15) is 15.9 Å². The standard InChI is InChI=1S/C12H8F2N2O/c13-7-1-2-10(14)8(5-7)12(17)9-6-16-4-3-11(9)15/h1-6H,(H2,15,16). The van der Waals surface area contributed by atoms with Gasteiger partial charge >= 0.3 is 0 Å². The van der Waals surface area contributed by atoms with Gasteiger partial charge in [0.05, 0.1) is 11.1 Å². The van der Waals surface area contributed by atoms with Gasteiger partial charge in [-0.25, -0.2) is 8.78 Å². The molecule has 0 aliphatic carbocycles. The van der Waals surface area contributed by atoms with Crippen LogP contribution in [0.15, 0.2) is 36.7 Å². The molecule has 2 rings (SSSR count). The van der Waals surface area contributed by atoms with Crippen LogP contribution < -0.4 is 5.73 Å². The van der Waals surface area contributed by atoms with E-state index in [0.717, 1.165) is 18.2 Å². The van der Waals surface area contributed by atoms with Crippen molar-refractivity contribution >= 4 is 11.5 Å². The van der Waals surface area contributed by atoms with Crippen molar-refractivity contribution < 1.29 is 13.6 Å². The molecule has 0 atom stereocenters. The number of benzene rings is 1. The highest BCUT2D eigenvalue weighted by atomic mass is 19.1. The fraction of sp³-hybridized carbons (Fsp3) is 0.